The monoisotopic (exact) mass is 415 g/mol. The number of hydrogen-bond acceptors (Lipinski definition) is 6. The van der Waals surface area contributed by atoms with Crippen LogP contribution in [-0.2, 0) is 13.8 Å². The first-order chi connectivity index (χ1) is 13.1. The largest absolute Gasteiger partial charge is 0.352 e. The van der Waals surface area contributed by atoms with E-state index in [9.17, 15) is 9.59 Å². The minimum Gasteiger partial charge on any atom is -0.352 e. The highest BCUT2D eigenvalue weighted by molar-refractivity contribution is 7.44. The van der Waals surface area contributed by atoms with Crippen LogP contribution >= 0.6 is 8.53 Å². The van der Waals surface area contributed by atoms with Crippen molar-refractivity contribution in [3.05, 3.63) is 33.1 Å². The van der Waals surface area contributed by atoms with Gasteiger partial charge in [0.15, 0.2) is 0 Å². The second-order valence-corrected chi connectivity index (χ2v) is 9.54. The Morgan fingerprint density at radius 1 is 1.25 bits per heavy atom. The maximum atomic E-state index is 12.1. The second kappa shape index (κ2) is 10.1. The van der Waals surface area contributed by atoms with E-state index in [1.807, 2.05) is 20.8 Å². The smallest absolute Gasteiger partial charge is 0.330 e. The molecule has 1 saturated heterocycles. The van der Waals surface area contributed by atoms with Crippen LogP contribution in [0.25, 0.3) is 0 Å². The predicted octanol–water partition coefficient (Wildman–Crippen LogP) is 3.25. The molecule has 0 saturated carbocycles. The first-order valence-electron chi connectivity index (χ1n) is 9.95. The van der Waals surface area contributed by atoms with Gasteiger partial charge in [-0.05, 0) is 48.0 Å². The second-order valence-electron chi connectivity index (χ2n) is 8.13. The lowest BCUT2D eigenvalue weighted by Gasteiger charge is -2.36. The number of aromatic amines is 1. The van der Waals surface area contributed by atoms with E-state index in [0.717, 1.165) is 6.42 Å². The van der Waals surface area contributed by atoms with Crippen molar-refractivity contribution in [2.24, 2.45) is 5.92 Å². The third kappa shape index (κ3) is 5.97. The van der Waals surface area contributed by atoms with Gasteiger partial charge >= 0.3 is 5.69 Å². The van der Waals surface area contributed by atoms with Gasteiger partial charge in [0.2, 0.25) is 0 Å². The average molecular weight is 415 g/mol. The Balaban J connectivity index is 2.05. The molecule has 4 atom stereocenters. The van der Waals surface area contributed by atoms with E-state index in [0.29, 0.717) is 18.7 Å². The van der Waals surface area contributed by atoms with E-state index in [1.54, 1.807) is 0 Å². The summed E-state index contributed by atoms with van der Waals surface area (Å²) in [7, 11) is -1.21. The zero-order chi connectivity index (χ0) is 21.0. The molecule has 1 N–H and O–H groups in total. The molecule has 0 amide bonds. The highest BCUT2D eigenvalue weighted by Gasteiger charge is 2.36. The van der Waals surface area contributed by atoms with Crippen molar-refractivity contribution in [2.45, 2.75) is 85.4 Å². The van der Waals surface area contributed by atoms with Crippen LogP contribution in [-0.4, -0.2) is 45.1 Å². The molecule has 160 valence electrons. The maximum Gasteiger partial charge on any atom is 0.330 e. The Morgan fingerprint density at radius 3 is 2.43 bits per heavy atom. The van der Waals surface area contributed by atoms with Crippen LogP contribution in [0.4, 0.5) is 0 Å². The molecule has 1 aromatic rings. The van der Waals surface area contributed by atoms with Crippen molar-refractivity contribution < 1.29 is 13.8 Å². The van der Waals surface area contributed by atoms with Crippen molar-refractivity contribution in [3.8, 4) is 0 Å². The third-order valence-electron chi connectivity index (χ3n) is 4.50. The van der Waals surface area contributed by atoms with Crippen LogP contribution in [0.15, 0.2) is 21.9 Å². The molecule has 9 heteroatoms. The quantitative estimate of drug-likeness (QED) is 0.623. The van der Waals surface area contributed by atoms with Gasteiger partial charge in [-0.3, -0.25) is 14.3 Å². The average Bonchev–Trinajstić information content (AvgIpc) is 2.92. The highest BCUT2D eigenvalue weighted by Crippen LogP contribution is 2.47. The molecular formula is C19H34N3O5P. The van der Waals surface area contributed by atoms with Crippen molar-refractivity contribution in [2.75, 3.05) is 6.61 Å². The lowest BCUT2D eigenvalue weighted by atomic mass is 10.1. The van der Waals surface area contributed by atoms with E-state index in [4.69, 9.17) is 13.8 Å². The summed E-state index contributed by atoms with van der Waals surface area (Å²) in [5.41, 5.74) is -0.868. The molecule has 2 rings (SSSR count). The number of aromatic nitrogens is 2. The zero-order valence-corrected chi connectivity index (χ0v) is 18.8. The summed E-state index contributed by atoms with van der Waals surface area (Å²) < 4.78 is 22.1. The van der Waals surface area contributed by atoms with Crippen LogP contribution in [0, 0.1) is 5.92 Å². The van der Waals surface area contributed by atoms with E-state index < -0.39 is 26.0 Å². The van der Waals surface area contributed by atoms with E-state index in [-0.39, 0.29) is 18.1 Å². The predicted molar refractivity (Wildman–Crippen MR) is 110 cm³/mol. The molecule has 28 heavy (non-hydrogen) atoms. The van der Waals surface area contributed by atoms with E-state index in [1.165, 1.54) is 16.8 Å². The van der Waals surface area contributed by atoms with Gasteiger partial charge in [0.05, 0.1) is 18.8 Å². The number of H-pyrrole nitrogens is 1. The molecule has 1 fully saturated rings. The minimum atomic E-state index is -1.21. The van der Waals surface area contributed by atoms with Crippen molar-refractivity contribution >= 4 is 8.53 Å². The molecule has 2 heterocycles. The highest BCUT2D eigenvalue weighted by atomic mass is 31.2. The zero-order valence-electron chi connectivity index (χ0n) is 17.9. The Morgan fingerprint density at radius 2 is 1.89 bits per heavy atom. The van der Waals surface area contributed by atoms with Crippen molar-refractivity contribution in [3.63, 3.8) is 0 Å². The van der Waals surface area contributed by atoms with Crippen LogP contribution in [0.2, 0.25) is 0 Å². The Kier molecular flexibility index (Phi) is 8.40. The molecule has 0 bridgehead atoms. The first kappa shape index (κ1) is 23.2. The SMILES string of the molecule is CC(C)OP(OCC1CC(C)C(n2ccc(=O)[nH]c2=O)O1)N(C(C)C)C(C)C. The lowest BCUT2D eigenvalue weighted by Crippen LogP contribution is -2.35. The molecule has 1 aliphatic rings. The summed E-state index contributed by atoms with van der Waals surface area (Å²) in [6.45, 7) is 15.0. The van der Waals surface area contributed by atoms with Gasteiger partial charge < -0.3 is 13.8 Å². The fraction of sp³-hybridized carbons (Fsp3) is 0.789. The molecule has 1 aliphatic heterocycles. The molecule has 4 unspecified atom stereocenters. The van der Waals surface area contributed by atoms with Crippen molar-refractivity contribution in [1.29, 1.82) is 0 Å². The molecule has 0 aliphatic carbocycles. The molecule has 1 aromatic heterocycles. The summed E-state index contributed by atoms with van der Waals surface area (Å²) in [6, 6.07) is 1.92. The fourth-order valence-corrected chi connectivity index (χ4v) is 5.16. The third-order valence-corrected chi connectivity index (χ3v) is 6.77. The fourth-order valence-electron chi connectivity index (χ4n) is 3.44. The topological polar surface area (TPSA) is 85.8 Å². The molecule has 0 spiro atoms. The van der Waals surface area contributed by atoms with Gasteiger partial charge in [0.25, 0.3) is 14.1 Å². The number of rotatable bonds is 9. The van der Waals surface area contributed by atoms with E-state index in [2.05, 4.69) is 37.3 Å². The van der Waals surface area contributed by atoms with Crippen LogP contribution in [0.3, 0.4) is 0 Å². The van der Waals surface area contributed by atoms with Crippen LogP contribution in [0.5, 0.6) is 0 Å². The molecule has 0 aromatic carbocycles. The Labute approximate surface area is 168 Å². The van der Waals surface area contributed by atoms with Crippen LogP contribution in [0.1, 0.15) is 61.1 Å². The summed E-state index contributed by atoms with van der Waals surface area (Å²) in [6.07, 6.45) is 1.76. The van der Waals surface area contributed by atoms with Gasteiger partial charge in [-0.25, -0.2) is 9.46 Å². The van der Waals surface area contributed by atoms with Gasteiger partial charge in [-0.1, -0.05) is 6.92 Å². The van der Waals surface area contributed by atoms with E-state index >= 15 is 0 Å². The van der Waals surface area contributed by atoms with Crippen LogP contribution < -0.4 is 11.2 Å². The first-order valence-corrected chi connectivity index (χ1v) is 11.1. The minimum absolute atomic E-state index is 0.0574. The summed E-state index contributed by atoms with van der Waals surface area (Å²) in [5, 5.41) is 0. The lowest BCUT2D eigenvalue weighted by molar-refractivity contribution is -0.0323. The van der Waals surface area contributed by atoms with Gasteiger partial charge in [-0.2, -0.15) is 0 Å². The molecular weight excluding hydrogens is 381 g/mol. The maximum absolute atomic E-state index is 12.1. The van der Waals surface area contributed by atoms with Gasteiger partial charge in [-0.15, -0.1) is 0 Å². The Hall–Kier alpha value is -1.05. The number of hydrogen-bond donors (Lipinski definition) is 1. The number of nitrogens with zero attached hydrogens (tertiary/aromatic N) is 2. The van der Waals surface area contributed by atoms with Gasteiger partial charge in [0.1, 0.15) is 6.23 Å². The standard InChI is InChI=1S/C19H34N3O5P/c1-12(2)22(13(3)4)28(27-14(5)6)25-11-16-10-15(7)18(26-16)21-9-8-17(23)20-19(21)24/h8-9,12-16,18H,10-11H2,1-7H3,(H,20,23,24). The number of nitrogens with one attached hydrogen (secondary N) is 1. The summed E-state index contributed by atoms with van der Waals surface area (Å²) in [5.74, 6) is 0.126. The number of ether oxygens (including phenoxy) is 1. The molecule has 8 nitrogen and oxygen atoms in total. The normalized spacial score (nSPS) is 24.0. The summed E-state index contributed by atoms with van der Waals surface area (Å²) >= 11 is 0. The molecule has 0 radical (unpaired) electrons. The van der Waals surface area contributed by atoms with Gasteiger partial charge in [0, 0.05) is 30.3 Å². The summed E-state index contributed by atoms with van der Waals surface area (Å²) in [4.78, 5) is 25.7. The van der Waals surface area contributed by atoms with Crippen molar-refractivity contribution in [1.82, 2.24) is 14.2 Å². The Bertz CT molecular complexity index is 725.